The molecule has 4 nitrogen and oxygen atoms in total. The summed E-state index contributed by atoms with van der Waals surface area (Å²) in [5.74, 6) is 0.320. The van der Waals surface area contributed by atoms with Gasteiger partial charge in [0.25, 0.3) is 0 Å². The van der Waals surface area contributed by atoms with Crippen LogP contribution >= 0.6 is 0 Å². The Morgan fingerprint density at radius 1 is 1.62 bits per heavy atom. The molecule has 0 unspecified atom stereocenters. The van der Waals surface area contributed by atoms with Gasteiger partial charge < -0.3 is 11.1 Å². The second kappa shape index (κ2) is 4.00. The smallest absolute Gasteiger partial charge is 0.242 e. The highest BCUT2D eigenvalue weighted by Gasteiger charge is 2.07. The number of carbonyl (C=O) groups excluding carboxylic acids is 1. The van der Waals surface area contributed by atoms with Crippen molar-refractivity contribution >= 4 is 11.7 Å². The van der Waals surface area contributed by atoms with E-state index in [4.69, 9.17) is 5.73 Å². The van der Waals surface area contributed by atoms with Crippen molar-refractivity contribution in [1.82, 2.24) is 4.98 Å². The zero-order valence-electron chi connectivity index (χ0n) is 7.74. The highest BCUT2D eigenvalue weighted by molar-refractivity contribution is 5.93. The summed E-state index contributed by atoms with van der Waals surface area (Å²) >= 11 is 0. The van der Waals surface area contributed by atoms with Crippen LogP contribution in [0.2, 0.25) is 0 Å². The zero-order valence-corrected chi connectivity index (χ0v) is 7.74. The minimum Gasteiger partial charge on any atom is -0.320 e. The summed E-state index contributed by atoms with van der Waals surface area (Å²) in [5.41, 5.74) is 6.25. The molecule has 0 aliphatic rings. The van der Waals surface area contributed by atoms with Crippen LogP contribution in [0.15, 0.2) is 18.2 Å². The Bertz CT molecular complexity index is 309. The number of hydrogen-bond donors (Lipinski definition) is 2. The van der Waals surface area contributed by atoms with Crippen molar-refractivity contribution < 1.29 is 4.79 Å². The third-order valence-electron chi connectivity index (χ3n) is 1.55. The summed E-state index contributed by atoms with van der Waals surface area (Å²) in [4.78, 5) is 15.3. The van der Waals surface area contributed by atoms with Gasteiger partial charge in [-0.3, -0.25) is 4.79 Å². The molecule has 0 saturated heterocycles. The fourth-order valence-corrected chi connectivity index (χ4v) is 0.853. The first-order valence-corrected chi connectivity index (χ1v) is 4.09. The second-order valence-electron chi connectivity index (χ2n) is 2.94. The highest BCUT2D eigenvalue weighted by Crippen LogP contribution is 2.03. The molecule has 0 saturated carbocycles. The summed E-state index contributed by atoms with van der Waals surface area (Å²) in [7, 11) is 0. The van der Waals surface area contributed by atoms with Gasteiger partial charge in [-0.25, -0.2) is 4.98 Å². The van der Waals surface area contributed by atoms with Gasteiger partial charge in [0.15, 0.2) is 0 Å². The van der Waals surface area contributed by atoms with Crippen LogP contribution in [0.1, 0.15) is 12.6 Å². The molecule has 3 N–H and O–H groups in total. The fraction of sp³-hybridized carbons (Fsp3) is 0.333. The summed E-state index contributed by atoms with van der Waals surface area (Å²) in [5, 5.41) is 2.61. The molecule has 0 bridgehead atoms. The van der Waals surface area contributed by atoms with Gasteiger partial charge in [0.05, 0.1) is 6.04 Å². The Morgan fingerprint density at radius 2 is 2.31 bits per heavy atom. The Hall–Kier alpha value is -1.42. The van der Waals surface area contributed by atoms with Crippen molar-refractivity contribution in [3.05, 3.63) is 23.9 Å². The lowest BCUT2D eigenvalue weighted by Crippen LogP contribution is -2.32. The van der Waals surface area contributed by atoms with Crippen LogP contribution in [0.3, 0.4) is 0 Å². The van der Waals surface area contributed by atoms with Gasteiger partial charge in [-0.05, 0) is 26.0 Å². The average Bonchev–Trinajstić information content (AvgIpc) is 2.04. The lowest BCUT2D eigenvalue weighted by atomic mass is 10.3. The van der Waals surface area contributed by atoms with Gasteiger partial charge in [-0.15, -0.1) is 0 Å². The van der Waals surface area contributed by atoms with Crippen molar-refractivity contribution in [2.75, 3.05) is 5.32 Å². The quantitative estimate of drug-likeness (QED) is 0.701. The molecule has 0 aliphatic carbocycles. The standard InChI is InChI=1S/C9H13N3O/c1-6-4-3-5-8(11-6)12-9(13)7(2)10/h3-5,7H,10H2,1-2H3,(H,11,12,13)/t7-/m1/s1. The number of carbonyl (C=O) groups is 1. The molecule has 13 heavy (non-hydrogen) atoms. The van der Waals surface area contributed by atoms with E-state index >= 15 is 0 Å². The molecule has 4 heteroatoms. The molecule has 1 rings (SSSR count). The molecule has 1 amide bonds. The number of rotatable bonds is 2. The Morgan fingerprint density at radius 3 is 2.85 bits per heavy atom. The van der Waals surface area contributed by atoms with Crippen molar-refractivity contribution in [2.24, 2.45) is 5.73 Å². The van der Waals surface area contributed by atoms with Crippen LogP contribution < -0.4 is 11.1 Å². The maximum absolute atomic E-state index is 11.1. The zero-order chi connectivity index (χ0) is 9.84. The normalized spacial score (nSPS) is 12.2. The topological polar surface area (TPSA) is 68.0 Å². The molecule has 1 aromatic heterocycles. The summed E-state index contributed by atoms with van der Waals surface area (Å²) in [6, 6.07) is 4.91. The van der Waals surface area contributed by atoms with Crippen molar-refractivity contribution in [3.8, 4) is 0 Å². The fourth-order valence-electron chi connectivity index (χ4n) is 0.853. The van der Waals surface area contributed by atoms with E-state index in [2.05, 4.69) is 10.3 Å². The molecular formula is C9H13N3O. The number of nitrogens with zero attached hydrogens (tertiary/aromatic N) is 1. The monoisotopic (exact) mass is 179 g/mol. The molecular weight excluding hydrogens is 166 g/mol. The maximum atomic E-state index is 11.1. The number of pyridine rings is 1. The molecule has 0 aromatic carbocycles. The van der Waals surface area contributed by atoms with Crippen LogP contribution in [0.5, 0.6) is 0 Å². The molecule has 0 fully saturated rings. The first-order valence-electron chi connectivity index (χ1n) is 4.09. The summed E-state index contributed by atoms with van der Waals surface area (Å²) in [6.45, 7) is 3.49. The predicted octanol–water partition coefficient (Wildman–Crippen LogP) is 0.676. The van der Waals surface area contributed by atoms with E-state index in [1.165, 1.54) is 0 Å². The van der Waals surface area contributed by atoms with Gasteiger partial charge in [-0.1, -0.05) is 6.07 Å². The SMILES string of the molecule is Cc1cccc(NC(=O)[C@@H](C)N)n1. The van der Waals surface area contributed by atoms with Crippen molar-refractivity contribution in [3.63, 3.8) is 0 Å². The largest absolute Gasteiger partial charge is 0.320 e. The number of nitrogens with two attached hydrogens (primary N) is 1. The minimum atomic E-state index is -0.512. The molecule has 1 heterocycles. The number of anilines is 1. The predicted molar refractivity (Wildman–Crippen MR) is 51.3 cm³/mol. The molecule has 0 radical (unpaired) electrons. The van der Waals surface area contributed by atoms with E-state index in [1.807, 2.05) is 19.1 Å². The lowest BCUT2D eigenvalue weighted by molar-refractivity contribution is -0.117. The van der Waals surface area contributed by atoms with Crippen LogP contribution in [-0.2, 0) is 4.79 Å². The molecule has 1 atom stereocenters. The number of amides is 1. The minimum absolute atomic E-state index is 0.224. The molecule has 0 spiro atoms. The van der Waals surface area contributed by atoms with Gasteiger partial charge in [0, 0.05) is 5.69 Å². The second-order valence-corrected chi connectivity index (χ2v) is 2.94. The van der Waals surface area contributed by atoms with Crippen LogP contribution in [0.4, 0.5) is 5.82 Å². The van der Waals surface area contributed by atoms with Gasteiger partial charge in [-0.2, -0.15) is 0 Å². The Balaban J connectivity index is 2.69. The van der Waals surface area contributed by atoms with Gasteiger partial charge in [0.1, 0.15) is 5.82 Å². The van der Waals surface area contributed by atoms with E-state index in [-0.39, 0.29) is 5.91 Å². The number of hydrogen-bond acceptors (Lipinski definition) is 3. The summed E-state index contributed by atoms with van der Waals surface area (Å²) < 4.78 is 0. The van der Waals surface area contributed by atoms with E-state index in [1.54, 1.807) is 13.0 Å². The average molecular weight is 179 g/mol. The van der Waals surface area contributed by atoms with Crippen molar-refractivity contribution in [1.29, 1.82) is 0 Å². The number of aryl methyl sites for hydroxylation is 1. The first kappa shape index (κ1) is 9.67. The van der Waals surface area contributed by atoms with Crippen LogP contribution in [0, 0.1) is 6.92 Å². The third kappa shape index (κ3) is 2.83. The molecule has 70 valence electrons. The number of aromatic nitrogens is 1. The molecule has 1 aromatic rings. The van der Waals surface area contributed by atoms with Crippen LogP contribution in [-0.4, -0.2) is 16.9 Å². The third-order valence-corrected chi connectivity index (χ3v) is 1.55. The maximum Gasteiger partial charge on any atom is 0.242 e. The summed E-state index contributed by atoms with van der Waals surface area (Å²) in [6.07, 6.45) is 0. The van der Waals surface area contributed by atoms with E-state index in [0.29, 0.717) is 5.82 Å². The number of nitrogens with one attached hydrogen (secondary N) is 1. The van der Waals surface area contributed by atoms with Gasteiger partial charge >= 0.3 is 0 Å². The molecule has 0 aliphatic heterocycles. The van der Waals surface area contributed by atoms with E-state index in [9.17, 15) is 4.79 Å². The highest BCUT2D eigenvalue weighted by atomic mass is 16.2. The van der Waals surface area contributed by atoms with E-state index in [0.717, 1.165) is 5.69 Å². The van der Waals surface area contributed by atoms with E-state index < -0.39 is 6.04 Å². The van der Waals surface area contributed by atoms with Crippen LogP contribution in [0.25, 0.3) is 0 Å². The van der Waals surface area contributed by atoms with Crippen molar-refractivity contribution in [2.45, 2.75) is 19.9 Å². The lowest BCUT2D eigenvalue weighted by Gasteiger charge is -2.06. The first-order chi connectivity index (χ1) is 6.09. The Labute approximate surface area is 77.2 Å². The Kier molecular flexibility index (Phi) is 2.97. The van der Waals surface area contributed by atoms with Gasteiger partial charge in [0.2, 0.25) is 5.91 Å².